The molecule has 32 heavy (non-hydrogen) atoms. The van der Waals surface area contributed by atoms with Crippen molar-refractivity contribution < 1.29 is 22.0 Å². The van der Waals surface area contributed by atoms with E-state index in [9.17, 15) is 22.0 Å². The van der Waals surface area contributed by atoms with Crippen LogP contribution in [0, 0.1) is 11.6 Å². The second-order valence-electron chi connectivity index (χ2n) is 6.64. The first-order chi connectivity index (χ1) is 15.1. The predicted octanol–water partition coefficient (Wildman–Crippen LogP) is 5.75. The maximum atomic E-state index is 13.9. The number of nitrogens with one attached hydrogen (secondary N) is 1. The molecule has 1 N–H and O–H groups in total. The molecular weight excluding hydrogens is 505 g/mol. The number of sulfonamides is 1. The van der Waals surface area contributed by atoms with Crippen molar-refractivity contribution in [3.63, 3.8) is 0 Å². The molecule has 0 spiro atoms. The lowest BCUT2D eigenvalue weighted by atomic mass is 10.2. The van der Waals surface area contributed by atoms with Crippen LogP contribution in [0.15, 0.2) is 65.6 Å². The maximum absolute atomic E-state index is 13.9. The highest BCUT2D eigenvalue weighted by Gasteiger charge is 2.28. The zero-order chi connectivity index (χ0) is 23.5. The zero-order valence-electron chi connectivity index (χ0n) is 16.2. The highest BCUT2D eigenvalue weighted by Crippen LogP contribution is 2.26. The fourth-order valence-corrected chi connectivity index (χ4v) is 4.73. The van der Waals surface area contributed by atoms with Gasteiger partial charge in [-0.3, -0.25) is 4.79 Å². The van der Waals surface area contributed by atoms with Crippen molar-refractivity contribution >= 4 is 56.4 Å². The summed E-state index contributed by atoms with van der Waals surface area (Å²) in [5, 5.41) is 3.15. The Morgan fingerprint density at radius 1 is 0.906 bits per heavy atom. The Morgan fingerprint density at radius 3 is 2.19 bits per heavy atom. The number of anilines is 1. The Kier molecular flexibility index (Phi) is 7.74. The van der Waals surface area contributed by atoms with Crippen molar-refractivity contribution in [3.8, 4) is 0 Å². The largest absolute Gasteiger partial charge is 0.322 e. The van der Waals surface area contributed by atoms with E-state index in [0.29, 0.717) is 21.7 Å². The Bertz CT molecular complexity index is 1260. The molecule has 0 aliphatic carbocycles. The van der Waals surface area contributed by atoms with E-state index in [-0.39, 0.29) is 22.2 Å². The quantitative estimate of drug-likeness (QED) is 0.432. The van der Waals surface area contributed by atoms with E-state index in [0.717, 1.165) is 16.4 Å². The monoisotopic (exact) mass is 518 g/mol. The van der Waals surface area contributed by atoms with Crippen molar-refractivity contribution in [3.05, 3.63) is 92.9 Å². The molecular formula is C21H15Cl3F2N2O3S. The van der Waals surface area contributed by atoms with Crippen LogP contribution >= 0.6 is 34.8 Å². The molecule has 3 aromatic carbocycles. The van der Waals surface area contributed by atoms with Gasteiger partial charge in [-0.1, -0.05) is 40.9 Å². The van der Waals surface area contributed by atoms with E-state index in [1.165, 1.54) is 42.5 Å². The number of rotatable bonds is 7. The summed E-state index contributed by atoms with van der Waals surface area (Å²) in [6.45, 7) is -0.930. The second-order valence-corrected chi connectivity index (χ2v) is 9.85. The minimum atomic E-state index is -4.18. The van der Waals surface area contributed by atoms with Gasteiger partial charge in [0.05, 0.1) is 17.1 Å². The Labute approximate surface area is 198 Å². The highest BCUT2D eigenvalue weighted by molar-refractivity contribution is 7.89. The van der Waals surface area contributed by atoms with Gasteiger partial charge in [0.2, 0.25) is 15.9 Å². The van der Waals surface area contributed by atoms with Crippen LogP contribution in [0.25, 0.3) is 0 Å². The lowest BCUT2D eigenvalue weighted by Gasteiger charge is -2.22. The molecule has 1 amide bonds. The number of benzene rings is 3. The average Bonchev–Trinajstić information content (AvgIpc) is 2.71. The first kappa shape index (κ1) is 24.4. The van der Waals surface area contributed by atoms with Crippen LogP contribution in [-0.2, 0) is 21.4 Å². The van der Waals surface area contributed by atoms with Crippen LogP contribution in [0.3, 0.4) is 0 Å². The molecule has 0 bridgehead atoms. The molecule has 0 aliphatic heterocycles. The Morgan fingerprint density at radius 2 is 1.56 bits per heavy atom. The molecule has 0 atom stereocenters. The summed E-state index contributed by atoms with van der Waals surface area (Å²) >= 11 is 17.9. The van der Waals surface area contributed by atoms with Crippen LogP contribution in [0.4, 0.5) is 14.5 Å². The predicted molar refractivity (Wildman–Crippen MR) is 120 cm³/mol. The van der Waals surface area contributed by atoms with E-state index < -0.39 is 34.1 Å². The van der Waals surface area contributed by atoms with Crippen LogP contribution in [0.2, 0.25) is 15.1 Å². The third-order valence-corrected chi connectivity index (χ3v) is 6.98. The van der Waals surface area contributed by atoms with Gasteiger partial charge in [0.25, 0.3) is 0 Å². The fourth-order valence-electron chi connectivity index (χ4n) is 2.76. The molecule has 0 saturated heterocycles. The second kappa shape index (κ2) is 10.1. The number of hydrogen-bond acceptors (Lipinski definition) is 3. The number of carbonyl (C=O) groups is 1. The number of halogens is 5. The topological polar surface area (TPSA) is 66.5 Å². The van der Waals surface area contributed by atoms with Gasteiger partial charge in [-0.25, -0.2) is 17.2 Å². The van der Waals surface area contributed by atoms with E-state index in [2.05, 4.69) is 5.32 Å². The van der Waals surface area contributed by atoms with Crippen LogP contribution in [0.5, 0.6) is 0 Å². The average molecular weight is 520 g/mol. The van der Waals surface area contributed by atoms with Gasteiger partial charge in [0.15, 0.2) is 0 Å². The van der Waals surface area contributed by atoms with Gasteiger partial charge in [0.1, 0.15) is 11.6 Å². The first-order valence-electron chi connectivity index (χ1n) is 9.01. The summed E-state index contributed by atoms with van der Waals surface area (Å²) in [5.41, 5.74) is 0.110. The van der Waals surface area contributed by atoms with Crippen molar-refractivity contribution in [2.24, 2.45) is 0 Å². The van der Waals surface area contributed by atoms with Gasteiger partial charge < -0.3 is 5.32 Å². The third kappa shape index (κ3) is 5.96. The highest BCUT2D eigenvalue weighted by atomic mass is 35.5. The first-order valence-corrected chi connectivity index (χ1v) is 11.6. The SMILES string of the molecule is O=C(CN(Cc1ccc(Cl)cc1Cl)S(=O)(=O)c1ccc(Cl)cc1)Nc1ccc(F)cc1F. The number of nitrogens with zero attached hydrogens (tertiary/aromatic N) is 1. The normalized spacial score (nSPS) is 11.6. The van der Waals surface area contributed by atoms with Crippen molar-refractivity contribution in [1.82, 2.24) is 4.31 Å². The van der Waals surface area contributed by atoms with E-state index in [4.69, 9.17) is 34.8 Å². The molecule has 0 heterocycles. The summed E-state index contributed by atoms with van der Waals surface area (Å²) < 4.78 is 54.3. The van der Waals surface area contributed by atoms with Crippen LogP contribution < -0.4 is 5.32 Å². The van der Waals surface area contributed by atoms with Crippen molar-refractivity contribution in [2.45, 2.75) is 11.4 Å². The standard InChI is InChI=1S/C21H15Cl3F2N2O3S/c22-14-3-6-17(7-4-14)32(30,31)28(11-13-1-2-15(23)9-18(13)24)12-21(29)27-20-8-5-16(25)10-19(20)26/h1-10H,11-12H2,(H,27,29). The minimum absolute atomic E-state index is 0.104. The molecule has 11 heteroatoms. The third-order valence-electron chi connectivity index (χ3n) is 4.34. The summed E-state index contributed by atoms with van der Waals surface area (Å²) in [6, 6.07) is 12.5. The molecule has 0 aromatic heterocycles. The van der Waals surface area contributed by atoms with E-state index >= 15 is 0 Å². The Hall–Kier alpha value is -2.23. The number of carbonyl (C=O) groups excluding carboxylic acids is 1. The molecule has 0 aliphatic rings. The molecule has 0 radical (unpaired) electrons. The van der Waals surface area contributed by atoms with Gasteiger partial charge in [-0.05, 0) is 54.1 Å². The lowest BCUT2D eigenvalue weighted by molar-refractivity contribution is -0.116. The molecule has 0 saturated carbocycles. The molecule has 0 fully saturated rings. The minimum Gasteiger partial charge on any atom is -0.322 e. The van der Waals surface area contributed by atoms with Crippen molar-refractivity contribution in [2.75, 3.05) is 11.9 Å². The summed E-state index contributed by atoms with van der Waals surface area (Å²) in [6.07, 6.45) is 0. The van der Waals surface area contributed by atoms with Gasteiger partial charge >= 0.3 is 0 Å². The van der Waals surface area contributed by atoms with Gasteiger partial charge in [-0.15, -0.1) is 0 Å². The summed E-state index contributed by atoms with van der Waals surface area (Å²) in [5.74, 6) is -2.64. The maximum Gasteiger partial charge on any atom is 0.243 e. The van der Waals surface area contributed by atoms with Crippen molar-refractivity contribution in [1.29, 1.82) is 0 Å². The van der Waals surface area contributed by atoms with E-state index in [1.807, 2.05) is 0 Å². The fraction of sp³-hybridized carbons (Fsp3) is 0.0952. The van der Waals surface area contributed by atoms with Gasteiger partial charge in [-0.2, -0.15) is 4.31 Å². The smallest absolute Gasteiger partial charge is 0.243 e. The van der Waals surface area contributed by atoms with E-state index in [1.54, 1.807) is 0 Å². The summed E-state index contributed by atoms with van der Waals surface area (Å²) in [7, 11) is -4.18. The number of amides is 1. The molecule has 168 valence electrons. The molecule has 3 rings (SSSR count). The zero-order valence-corrected chi connectivity index (χ0v) is 19.2. The molecule has 5 nitrogen and oxygen atoms in total. The number of hydrogen-bond donors (Lipinski definition) is 1. The van der Waals surface area contributed by atoms with Crippen LogP contribution in [-0.4, -0.2) is 25.2 Å². The Balaban J connectivity index is 1.92. The molecule has 0 unspecified atom stereocenters. The van der Waals surface area contributed by atoms with Crippen LogP contribution in [0.1, 0.15) is 5.56 Å². The summed E-state index contributed by atoms with van der Waals surface area (Å²) in [4.78, 5) is 12.5. The lowest BCUT2D eigenvalue weighted by Crippen LogP contribution is -2.37. The molecule has 3 aromatic rings. The van der Waals surface area contributed by atoms with Gasteiger partial charge in [0, 0.05) is 27.7 Å².